The molecule has 164 valence electrons. The van der Waals surface area contributed by atoms with E-state index in [1.165, 1.54) is 22.3 Å². The molecule has 1 saturated heterocycles. The Kier molecular flexibility index (Phi) is 5.80. The topological polar surface area (TPSA) is 59.0 Å². The second-order valence-corrected chi connectivity index (χ2v) is 9.26. The molecule has 0 saturated carbocycles. The maximum absolute atomic E-state index is 11.5. The summed E-state index contributed by atoms with van der Waals surface area (Å²) in [4.78, 5) is 13.8. The minimum Gasteiger partial charge on any atom is -0.497 e. The van der Waals surface area contributed by atoms with Gasteiger partial charge in [0, 0.05) is 30.8 Å². The van der Waals surface area contributed by atoms with Crippen LogP contribution in [0.15, 0.2) is 42.0 Å². The van der Waals surface area contributed by atoms with Gasteiger partial charge in [-0.15, -0.1) is 0 Å². The van der Waals surface area contributed by atoms with Gasteiger partial charge < -0.3 is 19.5 Å². The number of carbonyl (C=O) groups is 1. The van der Waals surface area contributed by atoms with Crippen molar-refractivity contribution in [1.29, 1.82) is 0 Å². The van der Waals surface area contributed by atoms with Gasteiger partial charge in [0.15, 0.2) is 0 Å². The predicted molar refractivity (Wildman–Crippen MR) is 122 cm³/mol. The summed E-state index contributed by atoms with van der Waals surface area (Å²) in [5.74, 6) is 1.00. The Morgan fingerprint density at radius 2 is 1.87 bits per heavy atom. The number of aryl methyl sites for hydroxylation is 1. The third kappa shape index (κ3) is 4.33. The largest absolute Gasteiger partial charge is 0.497 e. The van der Waals surface area contributed by atoms with E-state index in [1.54, 1.807) is 21.0 Å². The van der Waals surface area contributed by atoms with Crippen LogP contribution in [-0.2, 0) is 11.4 Å². The molecular formula is C26H31NO4. The summed E-state index contributed by atoms with van der Waals surface area (Å²) in [6, 6.07) is 12.6. The zero-order valence-electron chi connectivity index (χ0n) is 18.8. The van der Waals surface area contributed by atoms with Gasteiger partial charge in [-0.3, -0.25) is 4.79 Å². The predicted octanol–water partition coefficient (Wildman–Crippen LogP) is 4.90. The van der Waals surface area contributed by atoms with Crippen LogP contribution in [0.3, 0.4) is 0 Å². The molecule has 2 aromatic rings. The Hall–Kier alpha value is -2.79. The number of methoxy groups -OCH3 is 1. The summed E-state index contributed by atoms with van der Waals surface area (Å²) in [6.45, 7) is 8.52. The third-order valence-electron chi connectivity index (χ3n) is 6.38. The van der Waals surface area contributed by atoms with E-state index in [4.69, 9.17) is 9.47 Å². The number of nitrogens with zero attached hydrogens (tertiary/aromatic N) is 1. The van der Waals surface area contributed by atoms with Crippen LogP contribution in [0.4, 0.5) is 0 Å². The van der Waals surface area contributed by atoms with Gasteiger partial charge in [0.1, 0.15) is 18.1 Å². The average Bonchev–Trinajstić information content (AvgIpc) is 2.90. The number of aliphatic carboxylic acids is 1. The monoisotopic (exact) mass is 421 g/mol. The van der Waals surface area contributed by atoms with Gasteiger partial charge in [0.2, 0.25) is 0 Å². The smallest absolute Gasteiger partial charge is 0.310 e. The lowest BCUT2D eigenvalue weighted by atomic mass is 9.85. The van der Waals surface area contributed by atoms with Gasteiger partial charge in [-0.05, 0) is 69.0 Å². The quantitative estimate of drug-likeness (QED) is 0.761. The molecular weight excluding hydrogens is 390 g/mol. The summed E-state index contributed by atoms with van der Waals surface area (Å²) in [5.41, 5.74) is 6.63. The molecule has 0 amide bonds. The molecule has 2 aliphatic heterocycles. The number of hydrogen-bond acceptors (Lipinski definition) is 4. The minimum absolute atomic E-state index is 0.512. The molecule has 31 heavy (non-hydrogen) atoms. The van der Waals surface area contributed by atoms with Crippen LogP contribution >= 0.6 is 0 Å². The van der Waals surface area contributed by atoms with Crippen molar-refractivity contribution in [2.75, 3.05) is 26.7 Å². The lowest BCUT2D eigenvalue weighted by Crippen LogP contribution is -2.42. The van der Waals surface area contributed by atoms with E-state index >= 15 is 0 Å². The van der Waals surface area contributed by atoms with Gasteiger partial charge >= 0.3 is 5.97 Å². The molecule has 5 nitrogen and oxygen atoms in total. The second-order valence-electron chi connectivity index (χ2n) is 9.26. The molecule has 2 heterocycles. The number of rotatable bonds is 4. The third-order valence-corrected chi connectivity index (χ3v) is 6.38. The highest BCUT2D eigenvalue weighted by atomic mass is 16.5. The fourth-order valence-electron chi connectivity index (χ4n) is 4.56. The fourth-order valence-corrected chi connectivity index (χ4v) is 4.56. The van der Waals surface area contributed by atoms with Crippen LogP contribution in [0, 0.1) is 12.3 Å². The number of benzene rings is 2. The first kappa shape index (κ1) is 21.4. The zero-order valence-corrected chi connectivity index (χ0v) is 18.8. The molecule has 2 aromatic carbocycles. The van der Waals surface area contributed by atoms with Crippen LogP contribution in [0.1, 0.15) is 48.9 Å². The molecule has 1 N–H and O–H groups in total. The lowest BCUT2D eigenvalue weighted by Gasteiger charge is -2.34. The lowest BCUT2D eigenvalue weighted by molar-refractivity contribution is -0.148. The average molecular weight is 422 g/mol. The Labute approximate surface area is 184 Å². The van der Waals surface area contributed by atoms with Crippen molar-refractivity contribution in [2.45, 2.75) is 40.2 Å². The van der Waals surface area contributed by atoms with Gasteiger partial charge in [-0.2, -0.15) is 0 Å². The Morgan fingerprint density at radius 1 is 1.13 bits per heavy atom. The molecule has 5 heteroatoms. The Balaban J connectivity index is 1.73. The Morgan fingerprint density at radius 3 is 2.55 bits per heavy atom. The van der Waals surface area contributed by atoms with Crippen molar-refractivity contribution in [3.05, 3.63) is 64.2 Å². The standard InChI is InChI=1S/C26H31NO4/c1-17-5-8-23-22(13-17)24(21-7-6-20(30-4)14-19(21)15-31-23)18-9-11-27(12-10-18)16-26(2,3)25(28)29/h5-8,13-14H,9-12,15-16H2,1-4H3,(H,28,29). The van der Waals surface area contributed by atoms with E-state index in [0.717, 1.165) is 48.6 Å². The summed E-state index contributed by atoms with van der Waals surface area (Å²) >= 11 is 0. The number of carboxylic acids is 1. The Bertz CT molecular complexity index is 1030. The van der Waals surface area contributed by atoms with Gasteiger partial charge in [-0.25, -0.2) is 0 Å². The van der Waals surface area contributed by atoms with Crippen LogP contribution in [0.25, 0.3) is 5.57 Å². The van der Waals surface area contributed by atoms with E-state index < -0.39 is 11.4 Å². The van der Waals surface area contributed by atoms with Crippen LogP contribution < -0.4 is 9.47 Å². The van der Waals surface area contributed by atoms with Crippen molar-refractivity contribution in [3.8, 4) is 11.5 Å². The number of hydrogen-bond donors (Lipinski definition) is 1. The molecule has 0 atom stereocenters. The van der Waals surface area contributed by atoms with Crippen molar-refractivity contribution >= 4 is 11.5 Å². The van der Waals surface area contributed by atoms with Crippen LogP contribution in [0.2, 0.25) is 0 Å². The molecule has 0 aliphatic carbocycles. The molecule has 0 spiro atoms. The van der Waals surface area contributed by atoms with Crippen molar-refractivity contribution in [3.63, 3.8) is 0 Å². The molecule has 0 aromatic heterocycles. The maximum atomic E-state index is 11.5. The highest BCUT2D eigenvalue weighted by molar-refractivity contribution is 5.87. The summed E-state index contributed by atoms with van der Waals surface area (Å²) in [5, 5.41) is 9.49. The van der Waals surface area contributed by atoms with Crippen molar-refractivity contribution in [2.24, 2.45) is 5.41 Å². The van der Waals surface area contributed by atoms with E-state index in [2.05, 4.69) is 42.2 Å². The summed E-state index contributed by atoms with van der Waals surface area (Å²) in [6.07, 6.45) is 1.84. The van der Waals surface area contributed by atoms with Crippen molar-refractivity contribution in [1.82, 2.24) is 4.90 Å². The number of fused-ring (bicyclic) bond motifs is 2. The van der Waals surface area contributed by atoms with E-state index in [-0.39, 0.29) is 0 Å². The molecule has 0 bridgehead atoms. The van der Waals surface area contributed by atoms with Crippen molar-refractivity contribution < 1.29 is 19.4 Å². The van der Waals surface area contributed by atoms with E-state index in [1.807, 2.05) is 6.07 Å². The van der Waals surface area contributed by atoms with E-state index in [0.29, 0.717) is 13.2 Å². The van der Waals surface area contributed by atoms with Gasteiger partial charge in [0.05, 0.1) is 12.5 Å². The molecule has 4 rings (SSSR count). The highest BCUT2D eigenvalue weighted by Crippen LogP contribution is 2.42. The van der Waals surface area contributed by atoms with Gasteiger partial charge in [-0.1, -0.05) is 23.3 Å². The summed E-state index contributed by atoms with van der Waals surface area (Å²) in [7, 11) is 1.69. The molecule has 2 aliphatic rings. The first-order valence-corrected chi connectivity index (χ1v) is 10.9. The molecule has 0 radical (unpaired) electrons. The highest BCUT2D eigenvalue weighted by Gasteiger charge is 2.32. The zero-order chi connectivity index (χ0) is 22.2. The second kappa shape index (κ2) is 8.39. The first-order valence-electron chi connectivity index (χ1n) is 10.9. The first-order chi connectivity index (χ1) is 14.8. The number of likely N-dealkylation sites (tertiary alicyclic amines) is 1. The van der Waals surface area contributed by atoms with Crippen LogP contribution in [-0.4, -0.2) is 42.7 Å². The number of piperidine rings is 1. The van der Waals surface area contributed by atoms with Crippen LogP contribution in [0.5, 0.6) is 11.5 Å². The number of carboxylic acid groups (broad SMARTS) is 1. The number of ether oxygens (including phenoxy) is 2. The normalized spacial score (nSPS) is 16.8. The minimum atomic E-state index is -0.746. The SMILES string of the molecule is COc1ccc2c(c1)COc1ccc(C)cc1C2=C1CCN(CC(C)(C)C(=O)O)CC1. The molecule has 1 fully saturated rings. The molecule has 0 unspecified atom stereocenters. The van der Waals surface area contributed by atoms with Gasteiger partial charge in [0.25, 0.3) is 0 Å². The summed E-state index contributed by atoms with van der Waals surface area (Å²) < 4.78 is 11.6. The van der Waals surface area contributed by atoms with E-state index in [9.17, 15) is 9.90 Å². The maximum Gasteiger partial charge on any atom is 0.310 e. The fraction of sp³-hybridized carbons (Fsp3) is 0.423.